The van der Waals surface area contributed by atoms with Crippen LogP contribution < -0.4 is 0 Å². The number of carbonyl (C=O) groups excluding carboxylic acids is 2. The highest BCUT2D eigenvalue weighted by molar-refractivity contribution is 7.85. The molecule has 1 saturated heterocycles. The molecule has 1 aliphatic heterocycles. The minimum atomic E-state index is -4.62. The molecule has 3 unspecified atom stereocenters. The van der Waals surface area contributed by atoms with Gasteiger partial charge in [0.1, 0.15) is 36.8 Å². The maximum absolute atomic E-state index is 12.8. The van der Waals surface area contributed by atoms with Gasteiger partial charge in [0.25, 0.3) is 10.1 Å². The van der Waals surface area contributed by atoms with E-state index in [2.05, 4.69) is 68.5 Å². The molecule has 0 amide bonds. The molecule has 4 N–H and O–H groups in total. The van der Waals surface area contributed by atoms with Crippen LogP contribution in [0.2, 0.25) is 0 Å². The van der Waals surface area contributed by atoms with Gasteiger partial charge in [-0.1, -0.05) is 175 Å². The molecule has 0 radical (unpaired) electrons. The van der Waals surface area contributed by atoms with Gasteiger partial charge in [0.2, 0.25) is 0 Å². The van der Waals surface area contributed by atoms with E-state index in [4.69, 9.17) is 18.9 Å². The van der Waals surface area contributed by atoms with E-state index in [1.807, 2.05) is 54.7 Å². The van der Waals surface area contributed by atoms with E-state index in [1.165, 1.54) is 38.5 Å². The zero-order valence-electron chi connectivity index (χ0n) is 38.6. The van der Waals surface area contributed by atoms with E-state index in [9.17, 15) is 37.9 Å². The van der Waals surface area contributed by atoms with Crippen molar-refractivity contribution >= 4 is 22.1 Å². The SMILES string of the molecule is CC/C=C/C=C/C=C/C=C/C=C/CCCC(=O)OC(COC(=O)CCCCCCCCCCCC/C=C/C/C=C/C/C=C/C/C=C/CC)CO[C@H]1O[C@H](CS(=O)(=O)O)[C@@H](O)C(O)C1O. The number of hydrogen-bond donors (Lipinski definition) is 4. The summed E-state index contributed by atoms with van der Waals surface area (Å²) in [4.78, 5) is 25.4. The van der Waals surface area contributed by atoms with Crippen LogP contribution in [0.3, 0.4) is 0 Å². The summed E-state index contributed by atoms with van der Waals surface area (Å²) in [6.07, 6.45) is 45.8. The Bertz CT molecular complexity index is 1590. The number of unbranched alkanes of at least 4 members (excludes halogenated alkanes) is 11. The van der Waals surface area contributed by atoms with Crippen LogP contribution in [0, 0.1) is 0 Å². The summed E-state index contributed by atoms with van der Waals surface area (Å²) in [5.74, 6) is -2.10. The number of rotatable bonds is 37. The Morgan fingerprint density at radius 2 is 1.03 bits per heavy atom. The van der Waals surface area contributed by atoms with Crippen molar-refractivity contribution in [3.8, 4) is 0 Å². The zero-order valence-corrected chi connectivity index (χ0v) is 39.4. The van der Waals surface area contributed by atoms with Gasteiger partial charge in [0.05, 0.1) is 6.61 Å². The minimum Gasteiger partial charge on any atom is -0.462 e. The fraction of sp³-hybridized carbons (Fsp3) is 0.608. The highest BCUT2D eigenvalue weighted by Crippen LogP contribution is 2.24. The monoisotopic (exact) mass is 917 g/mol. The molecule has 1 fully saturated rings. The van der Waals surface area contributed by atoms with Crippen molar-refractivity contribution in [3.63, 3.8) is 0 Å². The molecule has 1 heterocycles. The van der Waals surface area contributed by atoms with Gasteiger partial charge in [-0.15, -0.1) is 0 Å². The standard InChI is InChI=1S/C51H80O12S/c1-3-5-7-9-11-13-15-17-18-19-20-21-22-23-24-25-26-28-29-31-33-35-37-39-46(52)60-41-44(42-61-51-50(56)49(55)48(54)45(63-51)43-64(57,58)59)62-47(53)40-38-36-34-32-30-27-16-14-12-10-8-6-4-2/h5-8,10-14,16-18,20-21,27,30,32,34,44-45,48-51,54-56H,3-4,9,15,19,22-26,28-29,31,33,35-43H2,1-2H3,(H,57,58,59)/b7-5+,8-6+,12-10+,13-11+,16-14+,18-17+,21-20+,30-27+,34-32+/t44?,45-,48-,49?,50?,51+/m1/s1. The third-order valence-corrected chi connectivity index (χ3v) is 10.7. The summed E-state index contributed by atoms with van der Waals surface area (Å²) in [5.41, 5.74) is 0. The number of allylic oxidation sites excluding steroid dienone is 18. The fourth-order valence-corrected chi connectivity index (χ4v) is 7.09. The molecule has 64 heavy (non-hydrogen) atoms. The van der Waals surface area contributed by atoms with Crippen LogP contribution in [-0.4, -0.2) is 96.0 Å². The first-order chi connectivity index (χ1) is 31.0. The van der Waals surface area contributed by atoms with E-state index in [0.29, 0.717) is 19.3 Å². The van der Waals surface area contributed by atoms with E-state index in [-0.39, 0.29) is 19.4 Å². The summed E-state index contributed by atoms with van der Waals surface area (Å²) in [6.45, 7) is 3.42. The van der Waals surface area contributed by atoms with Crippen molar-refractivity contribution in [1.82, 2.24) is 0 Å². The van der Waals surface area contributed by atoms with Gasteiger partial charge < -0.3 is 34.3 Å². The first-order valence-electron chi connectivity index (χ1n) is 23.5. The highest BCUT2D eigenvalue weighted by Gasteiger charge is 2.46. The average molecular weight is 917 g/mol. The molecule has 6 atom stereocenters. The van der Waals surface area contributed by atoms with E-state index < -0.39 is 71.2 Å². The molecule has 0 aliphatic carbocycles. The minimum absolute atomic E-state index is 0.0606. The van der Waals surface area contributed by atoms with Gasteiger partial charge >= 0.3 is 11.9 Å². The largest absolute Gasteiger partial charge is 0.462 e. The van der Waals surface area contributed by atoms with E-state index in [0.717, 1.165) is 57.8 Å². The summed E-state index contributed by atoms with van der Waals surface area (Å²) < 4.78 is 54.0. The summed E-state index contributed by atoms with van der Waals surface area (Å²) in [5, 5.41) is 30.9. The molecule has 1 rings (SSSR count). The number of carbonyl (C=O) groups is 2. The molecular weight excluding hydrogens is 837 g/mol. The molecule has 12 nitrogen and oxygen atoms in total. The predicted octanol–water partition coefficient (Wildman–Crippen LogP) is 10.0. The smallest absolute Gasteiger partial charge is 0.306 e. The van der Waals surface area contributed by atoms with Crippen LogP contribution in [0.15, 0.2) is 109 Å². The van der Waals surface area contributed by atoms with Gasteiger partial charge in [-0.25, -0.2) is 0 Å². The van der Waals surface area contributed by atoms with Crippen LogP contribution in [0.4, 0.5) is 0 Å². The molecule has 0 aromatic heterocycles. The van der Waals surface area contributed by atoms with Gasteiger partial charge in [0.15, 0.2) is 12.4 Å². The Hall–Kier alpha value is -3.69. The third kappa shape index (κ3) is 33.8. The zero-order chi connectivity index (χ0) is 46.9. The Morgan fingerprint density at radius 1 is 0.547 bits per heavy atom. The number of aliphatic hydroxyl groups is 3. The van der Waals surface area contributed by atoms with Gasteiger partial charge in [-0.2, -0.15) is 8.42 Å². The quantitative estimate of drug-likeness (QED) is 0.0152. The van der Waals surface area contributed by atoms with Gasteiger partial charge in [0, 0.05) is 12.8 Å². The summed E-state index contributed by atoms with van der Waals surface area (Å²) in [7, 11) is -4.62. The number of esters is 2. The lowest BCUT2D eigenvalue weighted by molar-refractivity contribution is -0.297. The summed E-state index contributed by atoms with van der Waals surface area (Å²) >= 11 is 0. The maximum Gasteiger partial charge on any atom is 0.306 e. The molecule has 1 aliphatic rings. The molecule has 0 saturated carbocycles. The molecule has 0 aromatic carbocycles. The fourth-order valence-electron chi connectivity index (χ4n) is 6.40. The number of aliphatic hydroxyl groups excluding tert-OH is 3. The van der Waals surface area contributed by atoms with Gasteiger partial charge in [-0.3, -0.25) is 14.1 Å². The van der Waals surface area contributed by atoms with Crippen molar-refractivity contribution in [2.24, 2.45) is 0 Å². The molecule has 13 heteroatoms. The topological polar surface area (TPSA) is 186 Å². The number of hydrogen-bond acceptors (Lipinski definition) is 11. The average Bonchev–Trinajstić information content (AvgIpc) is 3.26. The lowest BCUT2D eigenvalue weighted by atomic mass is 10.00. The van der Waals surface area contributed by atoms with Crippen LogP contribution in [0.5, 0.6) is 0 Å². The Morgan fingerprint density at radius 3 is 1.61 bits per heavy atom. The molecular formula is C51H80O12S. The van der Waals surface area contributed by atoms with Crippen molar-refractivity contribution in [2.75, 3.05) is 19.0 Å². The highest BCUT2D eigenvalue weighted by atomic mass is 32.2. The van der Waals surface area contributed by atoms with Gasteiger partial charge in [-0.05, 0) is 64.2 Å². The van der Waals surface area contributed by atoms with E-state index >= 15 is 0 Å². The Labute approximate surface area is 385 Å². The predicted molar refractivity (Wildman–Crippen MR) is 256 cm³/mol. The third-order valence-electron chi connectivity index (χ3n) is 9.98. The van der Waals surface area contributed by atoms with Crippen LogP contribution >= 0.6 is 0 Å². The first-order valence-corrected chi connectivity index (χ1v) is 25.1. The van der Waals surface area contributed by atoms with Crippen molar-refractivity contribution in [2.45, 2.75) is 179 Å². The molecule has 0 bridgehead atoms. The number of ether oxygens (including phenoxy) is 4. The van der Waals surface area contributed by atoms with Crippen molar-refractivity contribution < 1.29 is 56.8 Å². The Kier molecular flexibility index (Phi) is 36.1. The van der Waals surface area contributed by atoms with Crippen molar-refractivity contribution in [3.05, 3.63) is 109 Å². The summed E-state index contributed by atoms with van der Waals surface area (Å²) in [6, 6.07) is 0. The van der Waals surface area contributed by atoms with E-state index in [1.54, 1.807) is 0 Å². The lowest BCUT2D eigenvalue weighted by Gasteiger charge is -2.40. The second-order valence-electron chi connectivity index (χ2n) is 15.8. The van der Waals surface area contributed by atoms with Crippen LogP contribution in [-0.2, 0) is 38.7 Å². The lowest BCUT2D eigenvalue weighted by Crippen LogP contribution is -2.60. The second-order valence-corrected chi connectivity index (χ2v) is 17.3. The van der Waals surface area contributed by atoms with Crippen molar-refractivity contribution in [1.29, 1.82) is 0 Å². The molecule has 0 aromatic rings. The normalized spacial score (nSPS) is 20.6. The molecule has 0 spiro atoms. The first kappa shape index (κ1) is 58.3. The van der Waals surface area contributed by atoms with Crippen LogP contribution in [0.25, 0.3) is 0 Å². The maximum atomic E-state index is 12.8. The second kappa shape index (κ2) is 39.7. The van der Waals surface area contributed by atoms with Crippen LogP contribution in [0.1, 0.15) is 142 Å². The molecule has 362 valence electrons. The Balaban J connectivity index is 2.41.